The van der Waals surface area contributed by atoms with Crippen molar-refractivity contribution in [2.24, 2.45) is 23.2 Å². The lowest BCUT2D eigenvalue weighted by atomic mass is 9.82. The molecular formula is C16H32O6-2. The van der Waals surface area contributed by atoms with Gasteiger partial charge in [0.15, 0.2) is 0 Å². The van der Waals surface area contributed by atoms with E-state index in [2.05, 4.69) is 0 Å². The summed E-state index contributed by atoms with van der Waals surface area (Å²) in [5, 5.41) is 37.5. The molecule has 1 atom stereocenters. The third-order valence-electron chi connectivity index (χ3n) is 2.78. The lowest BCUT2D eigenvalue weighted by Crippen LogP contribution is -2.36. The molecule has 0 amide bonds. The molecule has 0 aromatic heterocycles. The first-order valence-electron chi connectivity index (χ1n) is 7.41. The number of rotatable bonds is 5. The topological polar surface area (TPSA) is 121 Å². The molecule has 0 aliphatic rings. The summed E-state index contributed by atoms with van der Waals surface area (Å²) in [5.74, 6) is -2.46. The quantitative estimate of drug-likeness (QED) is 0.724. The zero-order valence-electron chi connectivity index (χ0n) is 15.0. The number of carbonyl (C=O) groups excluding carboxylic acids is 2. The average molecular weight is 320 g/mol. The van der Waals surface area contributed by atoms with E-state index >= 15 is 0 Å². The molecule has 0 fully saturated rings. The molecule has 0 bridgehead atoms. The SMILES string of the molecule is CC(C)C(=O)[O-].CC(C)C(=O)[O-].CC(C)C(O)C(C)(C)CO. The summed E-state index contributed by atoms with van der Waals surface area (Å²) in [6.45, 7) is 14.0. The molecule has 1 unspecified atom stereocenters. The molecule has 0 rings (SSSR count). The molecule has 0 aliphatic heterocycles. The summed E-state index contributed by atoms with van der Waals surface area (Å²) < 4.78 is 0. The standard InChI is InChI=1S/C8H18O2.2C4H8O2/c1-6(2)7(10)8(3,4)5-9;2*1-3(2)4(5)6/h6-7,9-10H,5H2,1-4H3;2*3H,1-2H3,(H,5,6)/p-2. The van der Waals surface area contributed by atoms with Crippen LogP contribution in [-0.4, -0.2) is 34.9 Å². The van der Waals surface area contributed by atoms with Crippen molar-refractivity contribution in [3.05, 3.63) is 0 Å². The van der Waals surface area contributed by atoms with Crippen molar-refractivity contribution in [1.29, 1.82) is 0 Å². The minimum atomic E-state index is -0.991. The summed E-state index contributed by atoms with van der Waals surface area (Å²) in [7, 11) is 0. The van der Waals surface area contributed by atoms with Gasteiger partial charge in [0.25, 0.3) is 0 Å². The van der Waals surface area contributed by atoms with Crippen LogP contribution in [0.1, 0.15) is 55.4 Å². The lowest BCUT2D eigenvalue weighted by Gasteiger charge is -2.30. The van der Waals surface area contributed by atoms with Crippen molar-refractivity contribution >= 4 is 11.9 Å². The monoisotopic (exact) mass is 320 g/mol. The number of hydrogen-bond acceptors (Lipinski definition) is 6. The minimum Gasteiger partial charge on any atom is -0.550 e. The first kappa shape index (κ1) is 25.8. The van der Waals surface area contributed by atoms with Gasteiger partial charge in [-0.25, -0.2) is 0 Å². The van der Waals surface area contributed by atoms with E-state index in [4.69, 9.17) is 5.11 Å². The fourth-order valence-electron chi connectivity index (χ4n) is 0.996. The van der Waals surface area contributed by atoms with Crippen LogP contribution in [-0.2, 0) is 9.59 Å². The first-order valence-corrected chi connectivity index (χ1v) is 7.41. The van der Waals surface area contributed by atoms with E-state index in [1.807, 2.05) is 27.7 Å². The zero-order valence-corrected chi connectivity index (χ0v) is 15.0. The van der Waals surface area contributed by atoms with E-state index < -0.39 is 18.0 Å². The third-order valence-corrected chi connectivity index (χ3v) is 2.78. The average Bonchev–Trinajstić information content (AvgIpc) is 2.38. The molecule has 0 radical (unpaired) electrons. The Kier molecular flexibility index (Phi) is 14.5. The Morgan fingerprint density at radius 2 is 1.14 bits per heavy atom. The van der Waals surface area contributed by atoms with Crippen LogP contribution in [0.4, 0.5) is 0 Å². The van der Waals surface area contributed by atoms with Crippen LogP contribution in [0.2, 0.25) is 0 Å². The van der Waals surface area contributed by atoms with Gasteiger partial charge in [0.2, 0.25) is 0 Å². The normalized spacial score (nSPS) is 12.2. The smallest absolute Gasteiger partial charge is 0.0635 e. The van der Waals surface area contributed by atoms with Gasteiger partial charge in [-0.05, 0) is 17.8 Å². The zero-order chi connectivity index (χ0) is 18.7. The van der Waals surface area contributed by atoms with Gasteiger partial charge in [-0.2, -0.15) is 0 Å². The maximum Gasteiger partial charge on any atom is 0.0635 e. The second kappa shape index (κ2) is 12.4. The van der Waals surface area contributed by atoms with Crippen molar-refractivity contribution < 1.29 is 30.0 Å². The van der Waals surface area contributed by atoms with E-state index in [-0.39, 0.29) is 29.8 Å². The molecular weight excluding hydrogens is 288 g/mol. The number of carbonyl (C=O) groups is 2. The highest BCUT2D eigenvalue weighted by molar-refractivity contribution is 5.66. The maximum absolute atomic E-state index is 9.59. The fraction of sp³-hybridized carbons (Fsp3) is 0.875. The maximum atomic E-state index is 9.59. The molecule has 0 spiro atoms. The predicted molar refractivity (Wildman–Crippen MR) is 81.4 cm³/mol. The van der Waals surface area contributed by atoms with Crippen LogP contribution < -0.4 is 10.2 Å². The van der Waals surface area contributed by atoms with Gasteiger partial charge in [-0.15, -0.1) is 0 Å². The van der Waals surface area contributed by atoms with Crippen LogP contribution in [0.15, 0.2) is 0 Å². The molecule has 6 nitrogen and oxygen atoms in total. The molecule has 0 aromatic carbocycles. The second-order valence-corrected chi connectivity index (χ2v) is 6.78. The molecule has 22 heavy (non-hydrogen) atoms. The van der Waals surface area contributed by atoms with Gasteiger partial charge in [0.1, 0.15) is 0 Å². The van der Waals surface area contributed by atoms with E-state index in [0.29, 0.717) is 0 Å². The predicted octanol–water partition coefficient (Wildman–Crippen LogP) is -0.194. The van der Waals surface area contributed by atoms with Crippen LogP contribution in [0.3, 0.4) is 0 Å². The molecule has 0 aromatic rings. The van der Waals surface area contributed by atoms with Crippen molar-refractivity contribution in [3.63, 3.8) is 0 Å². The van der Waals surface area contributed by atoms with Crippen LogP contribution in [0.5, 0.6) is 0 Å². The van der Waals surface area contributed by atoms with Crippen LogP contribution in [0, 0.1) is 23.2 Å². The highest BCUT2D eigenvalue weighted by Crippen LogP contribution is 2.24. The molecule has 0 saturated carbocycles. The molecule has 134 valence electrons. The largest absolute Gasteiger partial charge is 0.550 e. The molecule has 0 saturated heterocycles. The number of aliphatic hydroxyl groups excluding tert-OH is 2. The summed E-state index contributed by atoms with van der Waals surface area (Å²) in [6, 6.07) is 0. The Bertz CT molecular complexity index is 290. The van der Waals surface area contributed by atoms with E-state index in [0.717, 1.165) is 0 Å². The lowest BCUT2D eigenvalue weighted by molar-refractivity contribution is -0.311. The summed E-state index contributed by atoms with van der Waals surface area (Å²) >= 11 is 0. The number of aliphatic carboxylic acids is 2. The van der Waals surface area contributed by atoms with E-state index in [1.165, 1.54) is 0 Å². The third kappa shape index (κ3) is 15.3. The highest BCUT2D eigenvalue weighted by atomic mass is 16.4. The van der Waals surface area contributed by atoms with Crippen molar-refractivity contribution in [2.75, 3.05) is 6.61 Å². The number of aliphatic hydroxyl groups is 2. The van der Waals surface area contributed by atoms with Crippen LogP contribution in [0.25, 0.3) is 0 Å². The molecule has 0 aliphatic carbocycles. The van der Waals surface area contributed by atoms with Gasteiger partial charge < -0.3 is 30.0 Å². The van der Waals surface area contributed by atoms with Crippen molar-refractivity contribution in [1.82, 2.24) is 0 Å². The Morgan fingerprint density at radius 3 is 1.18 bits per heavy atom. The van der Waals surface area contributed by atoms with Gasteiger partial charge in [0, 0.05) is 17.4 Å². The Labute approximate surface area is 134 Å². The van der Waals surface area contributed by atoms with Gasteiger partial charge in [0.05, 0.1) is 12.7 Å². The van der Waals surface area contributed by atoms with Gasteiger partial charge in [-0.3, -0.25) is 0 Å². The summed E-state index contributed by atoms with van der Waals surface area (Å²) in [6.07, 6.45) is -0.419. The van der Waals surface area contributed by atoms with Crippen molar-refractivity contribution in [3.8, 4) is 0 Å². The molecule has 2 N–H and O–H groups in total. The summed E-state index contributed by atoms with van der Waals surface area (Å²) in [4.78, 5) is 19.2. The Morgan fingerprint density at radius 1 is 0.909 bits per heavy atom. The van der Waals surface area contributed by atoms with E-state index in [1.54, 1.807) is 27.7 Å². The number of hydrogen-bond donors (Lipinski definition) is 2. The van der Waals surface area contributed by atoms with E-state index in [9.17, 15) is 24.9 Å². The highest BCUT2D eigenvalue weighted by Gasteiger charge is 2.28. The minimum absolute atomic E-state index is 0.0341. The number of carboxylic acids is 2. The Balaban J connectivity index is -0.000000261. The molecule has 0 heterocycles. The van der Waals surface area contributed by atoms with Gasteiger partial charge in [-0.1, -0.05) is 55.4 Å². The molecule has 6 heteroatoms. The Hall–Kier alpha value is -1.14. The first-order chi connectivity index (χ1) is 9.70. The van der Waals surface area contributed by atoms with Crippen molar-refractivity contribution in [2.45, 2.75) is 61.5 Å². The fourth-order valence-corrected chi connectivity index (χ4v) is 0.996. The summed E-state index contributed by atoms with van der Waals surface area (Å²) in [5.41, 5.74) is -0.367. The van der Waals surface area contributed by atoms with Gasteiger partial charge >= 0.3 is 0 Å². The number of carboxylic acid groups (broad SMARTS) is 2. The second-order valence-electron chi connectivity index (χ2n) is 6.78. The van der Waals surface area contributed by atoms with Crippen LogP contribution >= 0.6 is 0 Å².